The lowest BCUT2D eigenvalue weighted by molar-refractivity contribution is 0.619. The molecule has 3 nitrogen and oxygen atoms in total. The van der Waals surface area contributed by atoms with Crippen molar-refractivity contribution in [3.8, 4) is 0 Å². The van der Waals surface area contributed by atoms with E-state index in [1.807, 2.05) is 12.1 Å². The topological polar surface area (TPSA) is 40.7 Å². The van der Waals surface area contributed by atoms with E-state index in [2.05, 4.69) is 15.5 Å². The van der Waals surface area contributed by atoms with Crippen LogP contribution in [0.3, 0.4) is 0 Å². The highest BCUT2D eigenvalue weighted by molar-refractivity contribution is 5.45. The number of nitrogens with zero attached hydrogens (tertiary/aromatic N) is 1. The van der Waals surface area contributed by atoms with Crippen molar-refractivity contribution in [3.05, 3.63) is 47.5 Å². The van der Waals surface area contributed by atoms with Gasteiger partial charge in [0.05, 0.1) is 12.2 Å². The summed E-state index contributed by atoms with van der Waals surface area (Å²) < 4.78 is 13.2. The molecule has 0 radical (unpaired) electrons. The number of halogens is 1. The van der Waals surface area contributed by atoms with Gasteiger partial charge in [-0.1, -0.05) is 6.07 Å². The minimum Gasteiger partial charge on any atom is -0.379 e. The van der Waals surface area contributed by atoms with E-state index < -0.39 is 0 Å². The Morgan fingerprint density at radius 1 is 1.40 bits per heavy atom. The third-order valence-corrected chi connectivity index (χ3v) is 2.21. The van der Waals surface area contributed by atoms with Crippen LogP contribution in [0.4, 0.5) is 10.1 Å². The fourth-order valence-electron chi connectivity index (χ4n) is 1.28. The van der Waals surface area contributed by atoms with E-state index >= 15 is 0 Å². The van der Waals surface area contributed by atoms with Crippen LogP contribution >= 0.6 is 0 Å². The van der Waals surface area contributed by atoms with Crippen molar-refractivity contribution < 1.29 is 4.39 Å². The second kappa shape index (κ2) is 4.13. The Morgan fingerprint density at radius 2 is 2.27 bits per heavy atom. The maximum Gasteiger partial charge on any atom is 0.128 e. The maximum absolute atomic E-state index is 13.2. The number of rotatable bonds is 3. The van der Waals surface area contributed by atoms with Crippen molar-refractivity contribution in [2.24, 2.45) is 0 Å². The minimum absolute atomic E-state index is 0.190. The summed E-state index contributed by atoms with van der Waals surface area (Å²) in [7, 11) is 0. The number of anilines is 1. The van der Waals surface area contributed by atoms with Crippen LogP contribution < -0.4 is 5.32 Å². The molecule has 0 spiro atoms. The van der Waals surface area contributed by atoms with Gasteiger partial charge in [-0.25, -0.2) is 4.39 Å². The fourth-order valence-corrected chi connectivity index (χ4v) is 1.28. The standard InChI is InChI=1S/C11H12FN3/c1-8-2-3-9(6-11(8)12)13-7-10-4-5-14-15-10/h2-6,13H,7H2,1H3,(H,14,15). The van der Waals surface area contributed by atoms with Crippen LogP contribution in [0.25, 0.3) is 0 Å². The van der Waals surface area contributed by atoms with Crippen molar-refractivity contribution >= 4 is 5.69 Å². The van der Waals surface area contributed by atoms with E-state index in [1.165, 1.54) is 6.07 Å². The molecule has 78 valence electrons. The van der Waals surface area contributed by atoms with Gasteiger partial charge < -0.3 is 5.32 Å². The molecular formula is C11H12FN3. The Kier molecular flexibility index (Phi) is 2.67. The SMILES string of the molecule is Cc1ccc(NCc2ccn[nH]2)cc1F. The molecule has 1 aromatic carbocycles. The largest absolute Gasteiger partial charge is 0.379 e. The average Bonchev–Trinajstić information content (AvgIpc) is 2.73. The van der Waals surface area contributed by atoms with E-state index in [0.29, 0.717) is 12.1 Å². The van der Waals surface area contributed by atoms with Gasteiger partial charge in [-0.2, -0.15) is 5.10 Å². The molecule has 1 heterocycles. The van der Waals surface area contributed by atoms with Gasteiger partial charge >= 0.3 is 0 Å². The first-order valence-corrected chi connectivity index (χ1v) is 4.74. The summed E-state index contributed by atoms with van der Waals surface area (Å²) in [6.45, 7) is 2.36. The van der Waals surface area contributed by atoms with Crippen LogP contribution in [0, 0.1) is 12.7 Å². The van der Waals surface area contributed by atoms with Crippen molar-refractivity contribution in [3.63, 3.8) is 0 Å². The van der Waals surface area contributed by atoms with Crippen LogP contribution in [-0.2, 0) is 6.54 Å². The highest BCUT2D eigenvalue weighted by atomic mass is 19.1. The van der Waals surface area contributed by atoms with Gasteiger partial charge in [0, 0.05) is 11.9 Å². The third kappa shape index (κ3) is 2.34. The van der Waals surface area contributed by atoms with Gasteiger partial charge in [0.15, 0.2) is 0 Å². The number of hydrogen-bond donors (Lipinski definition) is 2. The number of aryl methyl sites for hydroxylation is 1. The normalized spacial score (nSPS) is 10.3. The second-order valence-electron chi connectivity index (χ2n) is 3.40. The third-order valence-electron chi connectivity index (χ3n) is 2.21. The predicted molar refractivity (Wildman–Crippen MR) is 57.1 cm³/mol. The van der Waals surface area contributed by atoms with Gasteiger partial charge in [-0.05, 0) is 30.7 Å². The molecule has 0 bridgehead atoms. The molecule has 2 aromatic rings. The van der Waals surface area contributed by atoms with Crippen LogP contribution in [0.15, 0.2) is 30.5 Å². The molecule has 0 saturated heterocycles. The van der Waals surface area contributed by atoms with Gasteiger partial charge in [-0.3, -0.25) is 5.10 Å². The van der Waals surface area contributed by atoms with Gasteiger partial charge in [-0.15, -0.1) is 0 Å². The molecule has 0 amide bonds. The molecule has 0 aliphatic heterocycles. The average molecular weight is 205 g/mol. The molecule has 15 heavy (non-hydrogen) atoms. The summed E-state index contributed by atoms with van der Waals surface area (Å²) in [4.78, 5) is 0. The Labute approximate surface area is 87.3 Å². The first-order valence-electron chi connectivity index (χ1n) is 4.74. The van der Waals surface area contributed by atoms with Crippen molar-refractivity contribution in [1.29, 1.82) is 0 Å². The molecule has 0 saturated carbocycles. The van der Waals surface area contributed by atoms with Crippen LogP contribution in [0.2, 0.25) is 0 Å². The summed E-state index contributed by atoms with van der Waals surface area (Å²) in [6.07, 6.45) is 1.69. The van der Waals surface area contributed by atoms with E-state index in [-0.39, 0.29) is 5.82 Å². The molecule has 2 rings (SSSR count). The van der Waals surface area contributed by atoms with Crippen molar-refractivity contribution in [2.45, 2.75) is 13.5 Å². The molecule has 4 heteroatoms. The van der Waals surface area contributed by atoms with Crippen molar-refractivity contribution in [1.82, 2.24) is 10.2 Å². The van der Waals surface area contributed by atoms with Crippen LogP contribution in [-0.4, -0.2) is 10.2 Å². The Morgan fingerprint density at radius 3 is 2.93 bits per heavy atom. The number of nitrogens with one attached hydrogen (secondary N) is 2. The highest BCUT2D eigenvalue weighted by Crippen LogP contribution is 2.14. The number of hydrogen-bond acceptors (Lipinski definition) is 2. The lowest BCUT2D eigenvalue weighted by atomic mass is 10.2. The van der Waals surface area contributed by atoms with Crippen molar-refractivity contribution in [2.75, 3.05) is 5.32 Å². The number of H-pyrrole nitrogens is 1. The Bertz CT molecular complexity index is 437. The summed E-state index contributed by atoms with van der Waals surface area (Å²) in [5.41, 5.74) is 2.39. The molecule has 0 aliphatic carbocycles. The second-order valence-corrected chi connectivity index (χ2v) is 3.40. The number of aromatic nitrogens is 2. The molecular weight excluding hydrogens is 193 g/mol. The van der Waals surface area contributed by atoms with Crippen LogP contribution in [0.5, 0.6) is 0 Å². The quantitative estimate of drug-likeness (QED) is 0.808. The first kappa shape index (κ1) is 9.71. The zero-order chi connectivity index (χ0) is 10.7. The lowest BCUT2D eigenvalue weighted by Crippen LogP contribution is -2.00. The number of aromatic amines is 1. The van der Waals surface area contributed by atoms with E-state index in [9.17, 15) is 4.39 Å². The summed E-state index contributed by atoms with van der Waals surface area (Å²) in [5.74, 6) is -0.190. The van der Waals surface area contributed by atoms with E-state index in [0.717, 1.165) is 11.4 Å². The van der Waals surface area contributed by atoms with E-state index in [4.69, 9.17) is 0 Å². The summed E-state index contributed by atoms with van der Waals surface area (Å²) in [6, 6.07) is 6.97. The van der Waals surface area contributed by atoms with E-state index in [1.54, 1.807) is 19.2 Å². The fraction of sp³-hybridized carbons (Fsp3) is 0.182. The monoisotopic (exact) mass is 205 g/mol. The molecule has 0 atom stereocenters. The molecule has 1 aromatic heterocycles. The van der Waals surface area contributed by atoms with Gasteiger partial charge in [0.25, 0.3) is 0 Å². The van der Waals surface area contributed by atoms with Gasteiger partial charge in [0.2, 0.25) is 0 Å². The molecule has 0 fully saturated rings. The zero-order valence-electron chi connectivity index (χ0n) is 8.42. The van der Waals surface area contributed by atoms with Crippen LogP contribution in [0.1, 0.15) is 11.3 Å². The lowest BCUT2D eigenvalue weighted by Gasteiger charge is -2.05. The summed E-state index contributed by atoms with van der Waals surface area (Å²) >= 11 is 0. The molecule has 2 N–H and O–H groups in total. The minimum atomic E-state index is -0.190. The number of benzene rings is 1. The molecule has 0 unspecified atom stereocenters. The molecule has 0 aliphatic rings. The first-order chi connectivity index (χ1) is 7.25. The highest BCUT2D eigenvalue weighted by Gasteiger charge is 1.99. The predicted octanol–water partition coefficient (Wildman–Crippen LogP) is 2.47. The van der Waals surface area contributed by atoms with Gasteiger partial charge in [0.1, 0.15) is 5.82 Å². The summed E-state index contributed by atoms with van der Waals surface area (Å²) in [5, 5.41) is 9.76. The zero-order valence-corrected chi connectivity index (χ0v) is 8.42. The smallest absolute Gasteiger partial charge is 0.128 e. The Hall–Kier alpha value is -1.84. The Balaban J connectivity index is 2.02. The maximum atomic E-state index is 13.2.